The smallest absolute Gasteiger partial charge is 0.255 e. The predicted molar refractivity (Wildman–Crippen MR) is 136 cm³/mol. The summed E-state index contributed by atoms with van der Waals surface area (Å²) >= 11 is 0. The predicted octanol–water partition coefficient (Wildman–Crippen LogP) is 4.40. The summed E-state index contributed by atoms with van der Waals surface area (Å²) in [6, 6.07) is 22.5. The van der Waals surface area contributed by atoms with E-state index in [1.165, 1.54) is 0 Å². The van der Waals surface area contributed by atoms with Gasteiger partial charge in [0.25, 0.3) is 11.8 Å². The minimum absolute atomic E-state index is 0.0437. The monoisotopic (exact) mass is 454 g/mol. The second-order valence-corrected chi connectivity index (χ2v) is 9.43. The number of nitrogens with zero attached hydrogens (tertiary/aromatic N) is 1. The Bertz CT molecular complexity index is 1180. The second-order valence-electron chi connectivity index (χ2n) is 9.43. The Labute approximate surface area is 200 Å². The summed E-state index contributed by atoms with van der Waals surface area (Å²) in [6.45, 7) is 3.69. The zero-order chi connectivity index (χ0) is 23.5. The first kappa shape index (κ1) is 22.2. The van der Waals surface area contributed by atoms with E-state index in [-0.39, 0.29) is 17.2 Å². The van der Waals surface area contributed by atoms with Gasteiger partial charge in [0, 0.05) is 24.2 Å². The van der Waals surface area contributed by atoms with E-state index in [1.807, 2.05) is 47.4 Å². The van der Waals surface area contributed by atoms with Crippen LogP contribution in [-0.4, -0.2) is 42.9 Å². The first-order valence-electron chi connectivity index (χ1n) is 11.9. The topological polar surface area (TPSA) is 87.5 Å². The maximum absolute atomic E-state index is 13.1. The maximum Gasteiger partial charge on any atom is 0.255 e. The van der Waals surface area contributed by atoms with Crippen molar-refractivity contribution in [3.63, 3.8) is 0 Å². The highest BCUT2D eigenvalue weighted by atomic mass is 16.2. The number of likely N-dealkylation sites (tertiary alicyclic amines) is 1. The van der Waals surface area contributed by atoms with Gasteiger partial charge in [0.2, 0.25) is 0 Å². The van der Waals surface area contributed by atoms with Gasteiger partial charge in [-0.2, -0.15) is 0 Å². The minimum Gasteiger partial charge on any atom is -0.397 e. The molecule has 6 nitrogen and oxygen atoms in total. The fraction of sp³-hybridized carbons (Fsp3) is 0.286. The Balaban J connectivity index is 1.26. The summed E-state index contributed by atoms with van der Waals surface area (Å²) in [4.78, 5) is 27.9. The van der Waals surface area contributed by atoms with E-state index < -0.39 is 0 Å². The molecule has 0 saturated carbocycles. The second kappa shape index (κ2) is 9.31. The van der Waals surface area contributed by atoms with Gasteiger partial charge in [-0.05, 0) is 85.3 Å². The van der Waals surface area contributed by atoms with Gasteiger partial charge in [0.05, 0.1) is 11.4 Å². The lowest BCUT2D eigenvalue weighted by Crippen LogP contribution is -2.39. The van der Waals surface area contributed by atoms with Crippen LogP contribution in [-0.2, 0) is 0 Å². The zero-order valence-electron chi connectivity index (χ0n) is 19.2. The van der Waals surface area contributed by atoms with Crippen molar-refractivity contribution in [3.05, 3.63) is 83.9 Å². The van der Waals surface area contributed by atoms with Crippen LogP contribution >= 0.6 is 0 Å². The minimum atomic E-state index is -0.259. The number of nitrogens with one attached hydrogen (secondary N) is 2. The summed E-state index contributed by atoms with van der Waals surface area (Å²) in [5.74, 6) is -0.215. The van der Waals surface area contributed by atoms with Gasteiger partial charge < -0.3 is 21.3 Å². The molecular weight excluding hydrogens is 424 g/mol. The maximum atomic E-state index is 13.1. The van der Waals surface area contributed by atoms with Crippen LogP contribution in [0.4, 0.5) is 11.4 Å². The largest absolute Gasteiger partial charge is 0.397 e. The summed E-state index contributed by atoms with van der Waals surface area (Å²) in [5.41, 5.74) is 10.6. The van der Waals surface area contributed by atoms with Gasteiger partial charge in [-0.25, -0.2) is 0 Å². The molecular formula is C28H30N4O2. The average molecular weight is 455 g/mol. The molecule has 2 saturated heterocycles. The highest BCUT2D eigenvalue weighted by Gasteiger charge is 2.40. The van der Waals surface area contributed by atoms with Crippen LogP contribution in [0.5, 0.6) is 0 Å². The average Bonchev–Trinajstić information content (AvgIpc) is 3.29. The van der Waals surface area contributed by atoms with Gasteiger partial charge in [-0.1, -0.05) is 36.4 Å². The Morgan fingerprint density at radius 1 is 0.853 bits per heavy atom. The fourth-order valence-corrected chi connectivity index (χ4v) is 5.09. The number of nitrogen functional groups attached to an aromatic ring is 1. The van der Waals surface area contributed by atoms with E-state index in [4.69, 9.17) is 5.73 Å². The third-order valence-electron chi connectivity index (χ3n) is 7.19. The van der Waals surface area contributed by atoms with Crippen LogP contribution in [0, 0.1) is 5.41 Å². The van der Waals surface area contributed by atoms with Gasteiger partial charge in [0.1, 0.15) is 0 Å². The van der Waals surface area contributed by atoms with Gasteiger partial charge in [-0.3, -0.25) is 9.59 Å². The van der Waals surface area contributed by atoms with Gasteiger partial charge in [0.15, 0.2) is 0 Å². The zero-order valence-corrected chi connectivity index (χ0v) is 19.2. The quantitative estimate of drug-likeness (QED) is 0.510. The molecule has 1 spiro atoms. The molecule has 0 aliphatic carbocycles. The van der Waals surface area contributed by atoms with Crippen molar-refractivity contribution >= 4 is 23.2 Å². The summed E-state index contributed by atoms with van der Waals surface area (Å²) in [7, 11) is 0. The van der Waals surface area contributed by atoms with Crippen molar-refractivity contribution in [2.45, 2.75) is 19.3 Å². The molecule has 6 heteroatoms. The van der Waals surface area contributed by atoms with Crippen molar-refractivity contribution in [2.75, 3.05) is 37.2 Å². The van der Waals surface area contributed by atoms with Crippen molar-refractivity contribution in [2.24, 2.45) is 5.41 Å². The molecule has 2 aliphatic rings. The van der Waals surface area contributed by atoms with Crippen LogP contribution < -0.4 is 16.4 Å². The molecule has 34 heavy (non-hydrogen) atoms. The molecule has 0 aromatic heterocycles. The normalized spacial score (nSPS) is 17.0. The number of amides is 2. The number of benzene rings is 3. The third kappa shape index (κ3) is 4.54. The number of hydrogen-bond acceptors (Lipinski definition) is 4. The number of anilines is 2. The van der Waals surface area contributed by atoms with E-state index in [0.29, 0.717) is 22.5 Å². The lowest BCUT2D eigenvalue weighted by molar-refractivity contribution is 0.0761. The summed E-state index contributed by atoms with van der Waals surface area (Å²) in [5, 5.41) is 6.33. The molecule has 0 bridgehead atoms. The molecule has 3 aromatic carbocycles. The molecule has 174 valence electrons. The number of carbonyl (C=O) groups is 2. The van der Waals surface area contributed by atoms with Crippen molar-refractivity contribution < 1.29 is 9.59 Å². The molecule has 4 N–H and O–H groups in total. The molecule has 5 rings (SSSR count). The van der Waals surface area contributed by atoms with Gasteiger partial charge >= 0.3 is 0 Å². The lowest BCUT2D eigenvalue weighted by Gasteiger charge is -2.33. The number of piperidine rings is 1. The van der Waals surface area contributed by atoms with Crippen LogP contribution in [0.15, 0.2) is 72.8 Å². The molecule has 2 fully saturated rings. The Morgan fingerprint density at radius 2 is 1.56 bits per heavy atom. The standard InChI is InChI=1S/C28H30N4O2/c29-24-11-10-23(20-4-2-1-3-5-20)18-25(24)31-26(33)21-6-8-22(9-7-21)27(34)32-17-14-28(19-32)12-15-30-16-13-28/h1-11,18,30H,12-17,19,29H2,(H,31,33). The Hall–Kier alpha value is -3.64. The fourth-order valence-electron chi connectivity index (χ4n) is 5.09. The molecule has 2 aliphatic heterocycles. The first-order valence-corrected chi connectivity index (χ1v) is 11.9. The lowest BCUT2D eigenvalue weighted by atomic mass is 9.78. The molecule has 3 aromatic rings. The molecule has 0 unspecified atom stereocenters. The van der Waals surface area contributed by atoms with Crippen molar-refractivity contribution in [1.29, 1.82) is 0 Å². The third-order valence-corrected chi connectivity index (χ3v) is 7.19. The Morgan fingerprint density at radius 3 is 2.29 bits per heavy atom. The Kier molecular flexibility index (Phi) is 6.07. The van der Waals surface area contributed by atoms with Crippen LogP contribution in [0.25, 0.3) is 11.1 Å². The van der Waals surface area contributed by atoms with E-state index in [0.717, 1.165) is 56.6 Å². The highest BCUT2D eigenvalue weighted by Crippen LogP contribution is 2.39. The van der Waals surface area contributed by atoms with Crippen LogP contribution in [0.3, 0.4) is 0 Å². The highest BCUT2D eigenvalue weighted by molar-refractivity contribution is 6.06. The van der Waals surface area contributed by atoms with Crippen molar-refractivity contribution in [1.82, 2.24) is 10.2 Å². The molecule has 0 radical (unpaired) electrons. The molecule has 2 heterocycles. The van der Waals surface area contributed by atoms with E-state index in [1.54, 1.807) is 30.3 Å². The van der Waals surface area contributed by atoms with Gasteiger partial charge in [-0.15, -0.1) is 0 Å². The number of nitrogens with two attached hydrogens (primary N) is 1. The first-order chi connectivity index (χ1) is 16.5. The molecule has 2 amide bonds. The van der Waals surface area contributed by atoms with Crippen LogP contribution in [0.1, 0.15) is 40.0 Å². The van der Waals surface area contributed by atoms with E-state index in [9.17, 15) is 9.59 Å². The SMILES string of the molecule is Nc1ccc(-c2ccccc2)cc1NC(=O)c1ccc(C(=O)N2CCC3(CCNCC3)C2)cc1. The number of rotatable bonds is 4. The molecule has 0 atom stereocenters. The number of carbonyl (C=O) groups excluding carboxylic acids is 2. The summed E-state index contributed by atoms with van der Waals surface area (Å²) < 4.78 is 0. The van der Waals surface area contributed by atoms with Crippen LogP contribution in [0.2, 0.25) is 0 Å². The summed E-state index contributed by atoms with van der Waals surface area (Å²) in [6.07, 6.45) is 3.33. The van der Waals surface area contributed by atoms with E-state index in [2.05, 4.69) is 10.6 Å². The number of hydrogen-bond donors (Lipinski definition) is 3. The van der Waals surface area contributed by atoms with E-state index >= 15 is 0 Å². The van der Waals surface area contributed by atoms with Crippen molar-refractivity contribution in [3.8, 4) is 11.1 Å².